The molecule has 1 saturated heterocycles. The van der Waals surface area contributed by atoms with Crippen molar-refractivity contribution in [2.75, 3.05) is 43.1 Å². The number of halogens is 1. The minimum atomic E-state index is -0.480. The molecule has 2 heterocycles. The Kier molecular flexibility index (Phi) is 6.18. The van der Waals surface area contributed by atoms with E-state index in [0.717, 1.165) is 22.5 Å². The first-order valence-corrected chi connectivity index (χ1v) is 11.8. The number of benzene rings is 3. The molecule has 1 aliphatic heterocycles. The number of rotatable bonds is 4. The average molecular weight is 487 g/mol. The van der Waals surface area contributed by atoms with E-state index >= 15 is 0 Å². The number of esters is 1. The summed E-state index contributed by atoms with van der Waals surface area (Å²) in [4.78, 5) is 35.1. The van der Waals surface area contributed by atoms with E-state index in [1.165, 1.54) is 19.2 Å². The molecule has 0 radical (unpaired) electrons. The number of anilines is 2. The van der Waals surface area contributed by atoms with Gasteiger partial charge in [-0.2, -0.15) is 0 Å². The zero-order chi connectivity index (χ0) is 25.4. The van der Waals surface area contributed by atoms with Gasteiger partial charge in [-0.05, 0) is 79.6 Å². The molecule has 0 N–H and O–H groups in total. The second kappa shape index (κ2) is 9.45. The number of nitrogens with zero attached hydrogens (tertiary/aromatic N) is 4. The van der Waals surface area contributed by atoms with Crippen LogP contribution in [0, 0.1) is 19.7 Å². The van der Waals surface area contributed by atoms with Crippen LogP contribution in [0.15, 0.2) is 65.5 Å². The van der Waals surface area contributed by atoms with Gasteiger partial charge in [0.05, 0.1) is 29.3 Å². The minimum Gasteiger partial charge on any atom is -0.465 e. The Balaban J connectivity index is 1.60. The Hall–Kier alpha value is -4.20. The summed E-state index contributed by atoms with van der Waals surface area (Å²) in [6.07, 6.45) is 0. The second-order valence-electron chi connectivity index (χ2n) is 9.07. The molecular weight excluding hydrogens is 459 g/mol. The fourth-order valence-corrected chi connectivity index (χ4v) is 4.76. The van der Waals surface area contributed by atoms with Gasteiger partial charge < -0.3 is 14.5 Å². The Bertz CT molecular complexity index is 1490. The van der Waals surface area contributed by atoms with Gasteiger partial charge in [0.2, 0.25) is 5.95 Å². The number of hydrogen-bond donors (Lipinski definition) is 0. The summed E-state index contributed by atoms with van der Waals surface area (Å²) in [5.74, 6) is -0.216. The minimum absolute atomic E-state index is 0.197. The van der Waals surface area contributed by atoms with E-state index in [2.05, 4.69) is 15.9 Å². The number of fused-ring (bicyclic) bond motifs is 1. The van der Waals surface area contributed by atoms with Crippen LogP contribution in [-0.2, 0) is 4.74 Å². The summed E-state index contributed by atoms with van der Waals surface area (Å²) < 4.78 is 19.9. The van der Waals surface area contributed by atoms with Crippen molar-refractivity contribution in [3.63, 3.8) is 0 Å². The molecule has 0 saturated carbocycles. The largest absolute Gasteiger partial charge is 0.465 e. The SMILES string of the molecule is COC(=O)c1ccc2c(=O)n(-c3cc(C)cc(C)c3)c(N3CCN(c4ccc(F)cc4)CC3)nc2c1. The van der Waals surface area contributed by atoms with Crippen LogP contribution in [0.25, 0.3) is 16.6 Å². The molecule has 184 valence electrons. The molecule has 0 bridgehead atoms. The van der Waals surface area contributed by atoms with Gasteiger partial charge in [0.15, 0.2) is 0 Å². The van der Waals surface area contributed by atoms with Crippen LogP contribution >= 0.6 is 0 Å². The average Bonchev–Trinajstić information content (AvgIpc) is 2.87. The lowest BCUT2D eigenvalue weighted by atomic mass is 10.1. The van der Waals surface area contributed by atoms with Crippen molar-refractivity contribution in [1.82, 2.24) is 9.55 Å². The van der Waals surface area contributed by atoms with Crippen LogP contribution in [0.2, 0.25) is 0 Å². The molecule has 1 aromatic heterocycles. The highest BCUT2D eigenvalue weighted by Gasteiger charge is 2.24. The third-order valence-corrected chi connectivity index (χ3v) is 6.49. The summed E-state index contributed by atoms with van der Waals surface area (Å²) in [5, 5.41) is 0.426. The molecule has 1 fully saturated rings. The van der Waals surface area contributed by atoms with E-state index < -0.39 is 5.97 Å². The van der Waals surface area contributed by atoms with Gasteiger partial charge in [-0.1, -0.05) is 6.07 Å². The first kappa shape index (κ1) is 23.5. The lowest BCUT2D eigenvalue weighted by Crippen LogP contribution is -2.48. The van der Waals surface area contributed by atoms with Crippen molar-refractivity contribution in [3.05, 3.63) is 93.5 Å². The predicted molar refractivity (Wildman–Crippen MR) is 139 cm³/mol. The van der Waals surface area contributed by atoms with Crippen LogP contribution < -0.4 is 15.4 Å². The highest BCUT2D eigenvalue weighted by molar-refractivity contribution is 5.94. The van der Waals surface area contributed by atoms with Crippen molar-refractivity contribution in [2.24, 2.45) is 0 Å². The fraction of sp³-hybridized carbons (Fsp3) is 0.250. The number of aromatic nitrogens is 2. The van der Waals surface area contributed by atoms with Gasteiger partial charge in [0.1, 0.15) is 5.82 Å². The third-order valence-electron chi connectivity index (χ3n) is 6.49. The fourth-order valence-electron chi connectivity index (χ4n) is 4.76. The molecule has 5 rings (SSSR count). The maximum Gasteiger partial charge on any atom is 0.337 e. The predicted octanol–water partition coefficient (Wildman–Crippen LogP) is 4.25. The van der Waals surface area contributed by atoms with Crippen LogP contribution in [0.4, 0.5) is 16.0 Å². The number of methoxy groups -OCH3 is 1. The number of ether oxygens (including phenoxy) is 1. The van der Waals surface area contributed by atoms with Crippen LogP contribution in [-0.4, -0.2) is 48.8 Å². The lowest BCUT2D eigenvalue weighted by Gasteiger charge is -2.37. The van der Waals surface area contributed by atoms with Crippen LogP contribution in [0.1, 0.15) is 21.5 Å². The standard InChI is InChI=1S/C28H27FN4O3/c1-18-14-19(2)16-23(15-18)33-26(34)24-9-4-20(27(35)36-3)17-25(24)30-28(33)32-12-10-31(11-13-32)22-7-5-21(29)6-8-22/h4-9,14-17H,10-13H2,1-3H3. The summed E-state index contributed by atoms with van der Waals surface area (Å²) in [7, 11) is 1.32. The molecule has 3 aromatic carbocycles. The molecule has 4 aromatic rings. The normalized spacial score (nSPS) is 13.8. The molecule has 0 unspecified atom stereocenters. The Morgan fingerprint density at radius 2 is 1.50 bits per heavy atom. The van der Waals surface area contributed by atoms with Crippen molar-refractivity contribution in [2.45, 2.75) is 13.8 Å². The first-order chi connectivity index (χ1) is 17.3. The van der Waals surface area contributed by atoms with Crippen LogP contribution in [0.3, 0.4) is 0 Å². The molecular formula is C28H27FN4O3. The van der Waals surface area contributed by atoms with Gasteiger partial charge in [-0.25, -0.2) is 18.7 Å². The van der Waals surface area contributed by atoms with E-state index in [9.17, 15) is 14.0 Å². The van der Waals surface area contributed by atoms with E-state index in [4.69, 9.17) is 9.72 Å². The summed E-state index contributed by atoms with van der Waals surface area (Å²) >= 11 is 0. The van der Waals surface area contributed by atoms with Crippen molar-refractivity contribution >= 4 is 28.5 Å². The van der Waals surface area contributed by atoms with Crippen molar-refractivity contribution in [3.8, 4) is 5.69 Å². The third kappa shape index (κ3) is 4.42. The highest BCUT2D eigenvalue weighted by Crippen LogP contribution is 2.25. The number of piperazine rings is 1. The zero-order valence-corrected chi connectivity index (χ0v) is 20.5. The Morgan fingerprint density at radius 1 is 0.861 bits per heavy atom. The highest BCUT2D eigenvalue weighted by atomic mass is 19.1. The Labute approximate surface area is 208 Å². The monoisotopic (exact) mass is 486 g/mol. The molecule has 0 atom stereocenters. The molecule has 0 spiro atoms. The number of hydrogen-bond acceptors (Lipinski definition) is 6. The number of carbonyl (C=O) groups excluding carboxylic acids is 1. The summed E-state index contributed by atoms with van der Waals surface area (Å²) in [5.41, 5.74) is 4.39. The molecule has 1 aliphatic rings. The lowest BCUT2D eigenvalue weighted by molar-refractivity contribution is 0.0601. The smallest absolute Gasteiger partial charge is 0.337 e. The van der Waals surface area contributed by atoms with E-state index in [1.807, 2.05) is 26.0 Å². The topological polar surface area (TPSA) is 67.7 Å². The van der Waals surface area contributed by atoms with Gasteiger partial charge in [-0.3, -0.25) is 4.79 Å². The van der Waals surface area contributed by atoms with Gasteiger partial charge in [0, 0.05) is 31.9 Å². The first-order valence-electron chi connectivity index (χ1n) is 11.8. The summed E-state index contributed by atoms with van der Waals surface area (Å²) in [6.45, 7) is 6.62. The molecule has 7 nitrogen and oxygen atoms in total. The maximum atomic E-state index is 13.8. The van der Waals surface area contributed by atoms with Crippen LogP contribution in [0.5, 0.6) is 0 Å². The maximum absolute atomic E-state index is 13.8. The zero-order valence-electron chi connectivity index (χ0n) is 20.5. The Morgan fingerprint density at radius 3 is 2.14 bits per heavy atom. The van der Waals surface area contributed by atoms with Gasteiger partial charge in [-0.15, -0.1) is 0 Å². The number of carbonyl (C=O) groups is 1. The molecule has 8 heteroatoms. The molecule has 0 amide bonds. The molecule has 36 heavy (non-hydrogen) atoms. The van der Waals surface area contributed by atoms with E-state index in [1.54, 1.807) is 34.9 Å². The van der Waals surface area contributed by atoms with Gasteiger partial charge >= 0.3 is 5.97 Å². The summed E-state index contributed by atoms with van der Waals surface area (Å²) in [6, 6.07) is 17.3. The molecule has 0 aliphatic carbocycles. The number of aryl methyl sites for hydroxylation is 2. The quantitative estimate of drug-likeness (QED) is 0.402. The van der Waals surface area contributed by atoms with Crippen molar-refractivity contribution in [1.29, 1.82) is 0 Å². The van der Waals surface area contributed by atoms with Crippen molar-refractivity contribution < 1.29 is 13.9 Å². The van der Waals surface area contributed by atoms with Gasteiger partial charge in [0.25, 0.3) is 5.56 Å². The second-order valence-corrected chi connectivity index (χ2v) is 9.07. The van der Waals surface area contributed by atoms with E-state index in [0.29, 0.717) is 48.6 Å². The van der Waals surface area contributed by atoms with E-state index in [-0.39, 0.29) is 11.4 Å².